The molecule has 0 aromatic rings. The van der Waals surface area contributed by atoms with Gasteiger partial charge in [0.15, 0.2) is 0 Å². The van der Waals surface area contributed by atoms with Crippen LogP contribution >= 0.6 is 15.2 Å². The van der Waals surface area contributed by atoms with Gasteiger partial charge in [0.05, 0.1) is 26.4 Å². The first-order valence-electron chi connectivity index (χ1n) is 6.85. The first kappa shape index (κ1) is 20.2. The Morgan fingerprint density at radius 1 is 0.682 bits per heavy atom. The van der Waals surface area contributed by atoms with Gasteiger partial charge in [-0.05, 0) is 0 Å². The Morgan fingerprint density at radius 2 is 0.955 bits per heavy atom. The van der Waals surface area contributed by atoms with E-state index in [9.17, 15) is 9.13 Å². The Balaban J connectivity index is 2.46. The molecule has 1 heterocycles. The fraction of sp³-hybridized carbons (Fsp3) is 1.00. The standard InChI is InChI=1S/C10H24N2O8P2/c13-21(14,15)9-11-1-5-19-7-3-12(10-22(16,17)18)4-8-20-6-2-11/h1-10H2,(H2,13,14,15)(H2,16,17,18). The number of nitrogens with zero attached hydrogens (tertiary/aromatic N) is 2. The van der Waals surface area contributed by atoms with Crippen molar-refractivity contribution in [1.29, 1.82) is 0 Å². The summed E-state index contributed by atoms with van der Waals surface area (Å²) in [5, 5.41) is 0. The van der Waals surface area contributed by atoms with Crippen molar-refractivity contribution in [2.45, 2.75) is 0 Å². The Bertz CT molecular complexity index is 362. The molecule has 0 radical (unpaired) electrons. The van der Waals surface area contributed by atoms with Crippen LogP contribution in [0.25, 0.3) is 0 Å². The van der Waals surface area contributed by atoms with E-state index in [-0.39, 0.29) is 39.0 Å². The average molecular weight is 362 g/mol. The van der Waals surface area contributed by atoms with Crippen molar-refractivity contribution in [3.8, 4) is 0 Å². The summed E-state index contributed by atoms with van der Waals surface area (Å²) in [6, 6.07) is 0. The minimum atomic E-state index is -4.13. The fourth-order valence-electron chi connectivity index (χ4n) is 2.01. The normalized spacial score (nSPS) is 22.0. The third kappa shape index (κ3) is 10.8. The lowest BCUT2D eigenvalue weighted by atomic mass is 10.5. The zero-order valence-electron chi connectivity index (χ0n) is 12.3. The monoisotopic (exact) mass is 362 g/mol. The van der Waals surface area contributed by atoms with E-state index in [2.05, 4.69) is 0 Å². The Kier molecular flexibility index (Phi) is 8.66. The molecule has 0 amide bonds. The first-order chi connectivity index (χ1) is 10.2. The molecule has 0 spiro atoms. The van der Waals surface area contributed by atoms with Crippen molar-refractivity contribution >= 4 is 15.2 Å². The van der Waals surface area contributed by atoms with Crippen molar-refractivity contribution in [1.82, 2.24) is 9.80 Å². The maximum absolute atomic E-state index is 11.0. The van der Waals surface area contributed by atoms with Crippen LogP contribution in [0.15, 0.2) is 0 Å². The molecule has 1 aliphatic heterocycles. The Hall–Kier alpha value is 0.140. The van der Waals surface area contributed by atoms with E-state index in [1.165, 1.54) is 0 Å². The zero-order chi connectivity index (χ0) is 16.6. The van der Waals surface area contributed by atoms with Crippen molar-refractivity contribution in [2.24, 2.45) is 0 Å². The summed E-state index contributed by atoms with van der Waals surface area (Å²) in [5.74, 6) is 0. The highest BCUT2D eigenvalue weighted by molar-refractivity contribution is 7.51. The molecule has 0 aromatic heterocycles. The van der Waals surface area contributed by atoms with E-state index in [4.69, 9.17) is 29.0 Å². The third-order valence-electron chi connectivity index (χ3n) is 2.98. The highest BCUT2D eigenvalue weighted by Crippen LogP contribution is 2.35. The second-order valence-corrected chi connectivity index (χ2v) is 8.30. The fourth-order valence-corrected chi connectivity index (χ4v) is 3.61. The van der Waals surface area contributed by atoms with Crippen LogP contribution in [0.3, 0.4) is 0 Å². The predicted molar refractivity (Wildman–Crippen MR) is 78.6 cm³/mol. The molecule has 0 aliphatic carbocycles. The van der Waals surface area contributed by atoms with Crippen molar-refractivity contribution in [3.63, 3.8) is 0 Å². The molecule has 0 unspecified atom stereocenters. The van der Waals surface area contributed by atoms with Crippen LogP contribution in [-0.2, 0) is 18.6 Å². The van der Waals surface area contributed by atoms with Crippen molar-refractivity contribution in [2.75, 3.05) is 65.2 Å². The molecular weight excluding hydrogens is 338 g/mol. The molecule has 0 aromatic carbocycles. The van der Waals surface area contributed by atoms with Gasteiger partial charge in [0.25, 0.3) is 0 Å². The molecule has 1 fully saturated rings. The third-order valence-corrected chi connectivity index (χ3v) is 4.51. The van der Waals surface area contributed by atoms with Crippen LogP contribution in [0.5, 0.6) is 0 Å². The van der Waals surface area contributed by atoms with Crippen molar-refractivity contribution < 1.29 is 38.2 Å². The highest BCUT2D eigenvalue weighted by Gasteiger charge is 2.21. The summed E-state index contributed by atoms with van der Waals surface area (Å²) in [6.07, 6.45) is -0.686. The summed E-state index contributed by atoms with van der Waals surface area (Å²) >= 11 is 0. The lowest BCUT2D eigenvalue weighted by molar-refractivity contribution is 0.0442. The molecule has 1 aliphatic rings. The van der Waals surface area contributed by atoms with Crippen LogP contribution in [0.4, 0.5) is 0 Å². The highest BCUT2D eigenvalue weighted by atomic mass is 31.2. The van der Waals surface area contributed by atoms with Gasteiger partial charge in [0.1, 0.15) is 12.6 Å². The van der Waals surface area contributed by atoms with Gasteiger partial charge in [0.2, 0.25) is 0 Å². The summed E-state index contributed by atoms with van der Waals surface area (Å²) < 4.78 is 32.8. The zero-order valence-corrected chi connectivity index (χ0v) is 14.1. The smallest absolute Gasteiger partial charge is 0.339 e. The molecular formula is C10H24N2O8P2. The molecule has 10 nitrogen and oxygen atoms in total. The first-order valence-corrected chi connectivity index (χ1v) is 10.4. The largest absolute Gasteiger partial charge is 0.379 e. The van der Waals surface area contributed by atoms with E-state index in [0.29, 0.717) is 26.2 Å². The average Bonchev–Trinajstić information content (AvgIpc) is 2.31. The van der Waals surface area contributed by atoms with Gasteiger partial charge in [-0.1, -0.05) is 0 Å². The molecule has 0 bridgehead atoms. The van der Waals surface area contributed by atoms with Crippen LogP contribution in [0, 0.1) is 0 Å². The molecule has 4 N–H and O–H groups in total. The summed E-state index contributed by atoms with van der Waals surface area (Å²) in [7, 11) is -8.25. The SMILES string of the molecule is O=P(O)(O)CN1CCOCCN(CP(=O)(O)O)CCOCC1. The summed E-state index contributed by atoms with van der Waals surface area (Å²) in [4.78, 5) is 39.2. The van der Waals surface area contributed by atoms with Gasteiger partial charge in [-0.15, -0.1) is 0 Å². The van der Waals surface area contributed by atoms with Crippen LogP contribution < -0.4 is 0 Å². The van der Waals surface area contributed by atoms with Crippen molar-refractivity contribution in [3.05, 3.63) is 0 Å². The molecule has 1 saturated heterocycles. The second-order valence-electron chi connectivity index (χ2n) is 5.07. The van der Waals surface area contributed by atoms with Gasteiger partial charge in [0, 0.05) is 26.2 Å². The molecule has 0 saturated carbocycles. The molecule has 1 rings (SSSR count). The lowest BCUT2D eigenvalue weighted by Gasteiger charge is -2.26. The lowest BCUT2D eigenvalue weighted by Crippen LogP contribution is -2.36. The predicted octanol–water partition coefficient (Wildman–Crippen LogP) is -1.09. The minimum absolute atomic E-state index is 0.281. The maximum Gasteiger partial charge on any atom is 0.339 e. The van der Waals surface area contributed by atoms with Crippen LogP contribution in [0.1, 0.15) is 0 Å². The van der Waals surface area contributed by atoms with E-state index in [1.54, 1.807) is 9.80 Å². The van der Waals surface area contributed by atoms with Gasteiger partial charge in [-0.3, -0.25) is 18.9 Å². The summed E-state index contributed by atoms with van der Waals surface area (Å²) in [5.41, 5.74) is 0. The topological polar surface area (TPSA) is 140 Å². The van der Waals surface area contributed by atoms with Gasteiger partial charge < -0.3 is 29.0 Å². The van der Waals surface area contributed by atoms with E-state index in [1.807, 2.05) is 0 Å². The number of ether oxygens (including phenoxy) is 2. The number of rotatable bonds is 4. The van der Waals surface area contributed by atoms with Gasteiger partial charge in [-0.25, -0.2) is 0 Å². The van der Waals surface area contributed by atoms with Gasteiger partial charge >= 0.3 is 15.2 Å². The van der Waals surface area contributed by atoms with Gasteiger partial charge in [-0.2, -0.15) is 0 Å². The molecule has 22 heavy (non-hydrogen) atoms. The summed E-state index contributed by atoms with van der Waals surface area (Å²) in [6.45, 7) is 2.54. The maximum atomic E-state index is 11.0. The van der Waals surface area contributed by atoms with E-state index >= 15 is 0 Å². The van der Waals surface area contributed by atoms with Crippen LogP contribution in [-0.4, -0.2) is 94.6 Å². The molecule has 12 heteroatoms. The minimum Gasteiger partial charge on any atom is -0.379 e. The number of hydrogen-bond acceptors (Lipinski definition) is 6. The Morgan fingerprint density at radius 3 is 1.18 bits per heavy atom. The second kappa shape index (κ2) is 9.44. The van der Waals surface area contributed by atoms with E-state index < -0.39 is 15.2 Å². The van der Waals surface area contributed by atoms with E-state index in [0.717, 1.165) is 0 Å². The number of hydrogen-bond donors (Lipinski definition) is 4. The molecule has 0 atom stereocenters. The Labute approximate surface area is 129 Å². The van der Waals surface area contributed by atoms with Crippen LogP contribution in [0.2, 0.25) is 0 Å². The quantitative estimate of drug-likeness (QED) is 0.456. The molecule has 132 valence electrons.